The molecule has 0 heterocycles. The normalized spacial score (nSPS) is 12.2. The molecule has 0 aliphatic rings. The lowest BCUT2D eigenvalue weighted by atomic mass is 9.96. The van der Waals surface area contributed by atoms with E-state index in [9.17, 15) is 9.59 Å². The third kappa shape index (κ3) is 4.81. The van der Waals surface area contributed by atoms with Crippen LogP contribution in [0.3, 0.4) is 0 Å². The van der Waals surface area contributed by atoms with Gasteiger partial charge >= 0.3 is 0 Å². The van der Waals surface area contributed by atoms with Crippen molar-refractivity contribution in [2.75, 3.05) is 6.26 Å². The van der Waals surface area contributed by atoms with Gasteiger partial charge in [0.2, 0.25) is 5.91 Å². The monoisotopic (exact) mass is 292 g/mol. The zero-order valence-corrected chi connectivity index (χ0v) is 13.3. The van der Waals surface area contributed by atoms with Crippen molar-refractivity contribution >= 4 is 28.7 Å². The molecule has 0 atom stereocenters. The minimum absolute atomic E-state index is 0.165. The van der Waals surface area contributed by atoms with Gasteiger partial charge in [-0.2, -0.15) is 4.99 Å². The van der Waals surface area contributed by atoms with Gasteiger partial charge in [-0.3, -0.25) is 9.59 Å². The number of amides is 2. The highest BCUT2D eigenvalue weighted by Crippen LogP contribution is 2.14. The maximum absolute atomic E-state index is 12.0. The molecule has 4 nitrogen and oxygen atoms in total. The predicted octanol–water partition coefficient (Wildman–Crippen LogP) is 3.02. The van der Waals surface area contributed by atoms with Crippen LogP contribution in [-0.4, -0.2) is 23.2 Å². The van der Waals surface area contributed by atoms with E-state index in [1.54, 1.807) is 18.4 Å². The van der Waals surface area contributed by atoms with E-state index in [0.29, 0.717) is 10.7 Å². The number of benzene rings is 1. The summed E-state index contributed by atoms with van der Waals surface area (Å²) < 4.78 is 0. The Morgan fingerprint density at radius 3 is 2.15 bits per heavy atom. The number of aryl methyl sites for hydroxylation is 1. The van der Waals surface area contributed by atoms with Crippen molar-refractivity contribution in [1.82, 2.24) is 5.32 Å². The topological polar surface area (TPSA) is 58.5 Å². The number of carbonyl (C=O) groups excluding carboxylic acids is 2. The summed E-state index contributed by atoms with van der Waals surface area (Å²) in [5, 5.41) is 2.99. The van der Waals surface area contributed by atoms with Crippen LogP contribution >= 0.6 is 11.8 Å². The fourth-order valence-electron chi connectivity index (χ4n) is 1.26. The van der Waals surface area contributed by atoms with Gasteiger partial charge in [-0.15, -0.1) is 0 Å². The van der Waals surface area contributed by atoms with Crippen molar-refractivity contribution in [3.8, 4) is 0 Å². The molecule has 0 aliphatic carbocycles. The number of nitrogens with one attached hydrogen (secondary N) is 1. The van der Waals surface area contributed by atoms with Crippen LogP contribution in [0.5, 0.6) is 0 Å². The van der Waals surface area contributed by atoms with Gasteiger partial charge < -0.3 is 5.32 Å². The molecule has 1 rings (SSSR count). The van der Waals surface area contributed by atoms with Crippen molar-refractivity contribution in [3.05, 3.63) is 35.4 Å². The molecule has 0 saturated heterocycles. The Balaban J connectivity index is 2.86. The summed E-state index contributed by atoms with van der Waals surface area (Å²) in [6, 6.07) is 7.17. The maximum atomic E-state index is 12.0. The summed E-state index contributed by atoms with van der Waals surface area (Å²) in [6.45, 7) is 7.38. The van der Waals surface area contributed by atoms with E-state index in [2.05, 4.69) is 10.3 Å². The molecule has 20 heavy (non-hydrogen) atoms. The first-order valence-corrected chi connectivity index (χ1v) is 7.51. The average molecular weight is 292 g/mol. The van der Waals surface area contributed by atoms with Crippen LogP contribution in [0.25, 0.3) is 0 Å². The zero-order valence-electron chi connectivity index (χ0n) is 12.5. The Bertz CT molecular complexity index is 528. The Morgan fingerprint density at radius 2 is 1.70 bits per heavy atom. The molecule has 0 saturated carbocycles. The molecule has 1 N–H and O–H groups in total. The fraction of sp³-hybridized carbons (Fsp3) is 0.400. The third-order valence-corrected chi connectivity index (χ3v) is 3.18. The number of carbonyl (C=O) groups is 2. The molecule has 0 spiro atoms. The summed E-state index contributed by atoms with van der Waals surface area (Å²) in [5.74, 6) is -0.522. The van der Waals surface area contributed by atoms with Gasteiger partial charge in [-0.05, 0) is 25.3 Å². The molecule has 0 radical (unpaired) electrons. The van der Waals surface area contributed by atoms with Gasteiger partial charge in [0.1, 0.15) is 0 Å². The third-order valence-electron chi connectivity index (χ3n) is 2.60. The van der Waals surface area contributed by atoms with Crippen molar-refractivity contribution < 1.29 is 9.59 Å². The lowest BCUT2D eigenvalue weighted by molar-refractivity contribution is -0.126. The Labute approximate surface area is 124 Å². The van der Waals surface area contributed by atoms with Gasteiger partial charge in [0.05, 0.1) is 0 Å². The van der Waals surface area contributed by atoms with Crippen LogP contribution in [-0.2, 0) is 4.79 Å². The molecule has 0 bridgehead atoms. The molecule has 0 aliphatic heterocycles. The van der Waals surface area contributed by atoms with E-state index in [1.165, 1.54) is 11.8 Å². The van der Waals surface area contributed by atoms with Crippen LogP contribution < -0.4 is 5.32 Å². The molecule has 0 aromatic heterocycles. The predicted molar refractivity (Wildman–Crippen MR) is 84.1 cm³/mol. The van der Waals surface area contributed by atoms with Crippen molar-refractivity contribution in [2.45, 2.75) is 27.7 Å². The molecular weight excluding hydrogens is 272 g/mol. The number of rotatable bonds is 1. The molecule has 5 heteroatoms. The van der Waals surface area contributed by atoms with Crippen LogP contribution in [0.4, 0.5) is 0 Å². The molecule has 1 aromatic carbocycles. The van der Waals surface area contributed by atoms with Crippen molar-refractivity contribution in [3.63, 3.8) is 0 Å². The fourth-order valence-corrected chi connectivity index (χ4v) is 1.63. The highest BCUT2D eigenvalue weighted by atomic mass is 32.2. The van der Waals surface area contributed by atoms with E-state index in [1.807, 2.05) is 39.8 Å². The molecule has 0 unspecified atom stereocenters. The summed E-state index contributed by atoms with van der Waals surface area (Å²) in [5.41, 5.74) is 1.06. The van der Waals surface area contributed by atoms with Crippen LogP contribution in [0, 0.1) is 12.3 Å². The van der Waals surface area contributed by atoms with E-state index in [4.69, 9.17) is 0 Å². The van der Waals surface area contributed by atoms with Crippen molar-refractivity contribution in [2.24, 2.45) is 10.4 Å². The van der Waals surface area contributed by atoms with Gasteiger partial charge in [-0.1, -0.05) is 50.2 Å². The summed E-state index contributed by atoms with van der Waals surface area (Å²) in [4.78, 5) is 27.8. The number of hydrogen-bond donors (Lipinski definition) is 1. The SMILES string of the molecule is CSC(=NC(=O)c1ccc(C)cc1)NC(=O)C(C)(C)C. The second-order valence-electron chi connectivity index (χ2n) is 5.50. The highest BCUT2D eigenvalue weighted by molar-refractivity contribution is 8.13. The number of hydrogen-bond acceptors (Lipinski definition) is 3. The van der Waals surface area contributed by atoms with E-state index < -0.39 is 5.41 Å². The van der Waals surface area contributed by atoms with Crippen LogP contribution in [0.2, 0.25) is 0 Å². The second-order valence-corrected chi connectivity index (χ2v) is 6.29. The second kappa shape index (κ2) is 6.70. The summed E-state index contributed by atoms with van der Waals surface area (Å²) >= 11 is 1.24. The molecule has 0 fully saturated rings. The first-order chi connectivity index (χ1) is 9.24. The van der Waals surface area contributed by atoms with Crippen LogP contribution in [0.1, 0.15) is 36.7 Å². The highest BCUT2D eigenvalue weighted by Gasteiger charge is 2.22. The Kier molecular flexibility index (Phi) is 5.51. The number of aliphatic imine (C=N–C) groups is 1. The summed E-state index contributed by atoms with van der Waals surface area (Å²) in [7, 11) is 0. The van der Waals surface area contributed by atoms with Gasteiger partial charge in [0.25, 0.3) is 5.91 Å². The zero-order chi connectivity index (χ0) is 15.3. The van der Waals surface area contributed by atoms with Gasteiger partial charge in [-0.25, -0.2) is 0 Å². The minimum Gasteiger partial charge on any atom is -0.305 e. The maximum Gasteiger partial charge on any atom is 0.279 e. The molecule has 1 aromatic rings. The number of nitrogens with zero attached hydrogens (tertiary/aromatic N) is 1. The molecule has 2 amide bonds. The van der Waals surface area contributed by atoms with Gasteiger partial charge in [0, 0.05) is 11.0 Å². The van der Waals surface area contributed by atoms with E-state index in [0.717, 1.165) is 5.56 Å². The molecule has 108 valence electrons. The summed E-state index contributed by atoms with van der Waals surface area (Å²) in [6.07, 6.45) is 1.77. The Morgan fingerprint density at radius 1 is 1.15 bits per heavy atom. The number of amidine groups is 1. The number of thioether (sulfide) groups is 1. The lowest BCUT2D eigenvalue weighted by Crippen LogP contribution is -2.38. The first kappa shape index (κ1) is 16.4. The largest absolute Gasteiger partial charge is 0.305 e. The Hall–Kier alpha value is -1.62. The van der Waals surface area contributed by atoms with E-state index >= 15 is 0 Å². The lowest BCUT2D eigenvalue weighted by Gasteiger charge is -2.17. The van der Waals surface area contributed by atoms with Crippen molar-refractivity contribution in [1.29, 1.82) is 0 Å². The average Bonchev–Trinajstić information content (AvgIpc) is 2.37. The standard InChI is InChI=1S/C15H20N2O2S/c1-10-6-8-11(9-7-10)12(18)16-14(20-5)17-13(19)15(2,3)4/h6-9H,1-5H3,(H,16,17,18,19). The van der Waals surface area contributed by atoms with Gasteiger partial charge in [0.15, 0.2) is 5.17 Å². The quantitative estimate of drug-likeness (QED) is 0.639. The first-order valence-electron chi connectivity index (χ1n) is 6.29. The minimum atomic E-state index is -0.524. The molecular formula is C15H20N2O2S. The van der Waals surface area contributed by atoms with E-state index in [-0.39, 0.29) is 11.8 Å². The smallest absolute Gasteiger partial charge is 0.279 e. The van der Waals surface area contributed by atoms with Crippen LogP contribution in [0.15, 0.2) is 29.3 Å².